The van der Waals surface area contributed by atoms with Crippen LogP contribution in [0.25, 0.3) is 0 Å². The van der Waals surface area contributed by atoms with Gasteiger partial charge in [0.25, 0.3) is 5.91 Å². The van der Waals surface area contributed by atoms with Gasteiger partial charge in [-0.2, -0.15) is 0 Å². The Morgan fingerprint density at radius 3 is 2.67 bits per heavy atom. The lowest BCUT2D eigenvalue weighted by Gasteiger charge is -2.12. The van der Waals surface area contributed by atoms with E-state index in [0.29, 0.717) is 11.4 Å². The Bertz CT molecular complexity index is 426. The fraction of sp³-hybridized carbons (Fsp3) is 0.200. The molecule has 5 heteroatoms. The zero-order valence-corrected chi connectivity index (χ0v) is 8.19. The highest BCUT2D eigenvalue weighted by atomic mass is 16.6. The number of anilines is 2. The van der Waals surface area contributed by atoms with Crippen LogP contribution in [0, 0.1) is 6.92 Å². The van der Waals surface area contributed by atoms with E-state index in [1.165, 1.54) is 0 Å². The SMILES string of the molecule is Cc1ccc(N2C(=O)COC2=O)cc1N. The first kappa shape index (κ1) is 9.51. The van der Waals surface area contributed by atoms with E-state index >= 15 is 0 Å². The molecule has 2 amide bonds. The van der Waals surface area contributed by atoms with Gasteiger partial charge in [-0.15, -0.1) is 0 Å². The molecule has 1 heterocycles. The number of amides is 2. The maximum atomic E-state index is 11.3. The first-order chi connectivity index (χ1) is 7.09. The minimum Gasteiger partial charge on any atom is -0.439 e. The zero-order valence-electron chi connectivity index (χ0n) is 8.19. The van der Waals surface area contributed by atoms with Crippen molar-refractivity contribution in [2.75, 3.05) is 17.2 Å². The molecule has 0 radical (unpaired) electrons. The van der Waals surface area contributed by atoms with Crippen LogP contribution in [0.1, 0.15) is 5.56 Å². The van der Waals surface area contributed by atoms with E-state index in [0.717, 1.165) is 10.5 Å². The quantitative estimate of drug-likeness (QED) is 0.697. The van der Waals surface area contributed by atoms with Gasteiger partial charge in [0, 0.05) is 5.69 Å². The van der Waals surface area contributed by atoms with Crippen molar-refractivity contribution in [2.45, 2.75) is 6.92 Å². The lowest BCUT2D eigenvalue weighted by Crippen LogP contribution is -2.28. The third-order valence-electron chi connectivity index (χ3n) is 2.27. The van der Waals surface area contributed by atoms with Crippen LogP contribution in [0.4, 0.5) is 16.2 Å². The Labute approximate surface area is 86.4 Å². The number of cyclic esters (lactones) is 1. The molecule has 1 aromatic rings. The van der Waals surface area contributed by atoms with Crippen LogP contribution in [0.2, 0.25) is 0 Å². The normalized spacial score (nSPS) is 15.7. The summed E-state index contributed by atoms with van der Waals surface area (Å²) in [5.41, 5.74) is 7.58. The highest BCUT2D eigenvalue weighted by Gasteiger charge is 2.32. The van der Waals surface area contributed by atoms with E-state index < -0.39 is 6.09 Å². The Kier molecular flexibility index (Phi) is 2.07. The van der Waals surface area contributed by atoms with Crippen LogP contribution in [-0.2, 0) is 9.53 Å². The molecule has 1 aromatic carbocycles. The van der Waals surface area contributed by atoms with Crippen LogP contribution in [-0.4, -0.2) is 18.6 Å². The number of ether oxygens (including phenoxy) is 1. The van der Waals surface area contributed by atoms with Crippen LogP contribution < -0.4 is 10.6 Å². The Hall–Kier alpha value is -2.04. The zero-order chi connectivity index (χ0) is 11.0. The van der Waals surface area contributed by atoms with Gasteiger partial charge in [0.15, 0.2) is 6.61 Å². The second-order valence-corrected chi connectivity index (χ2v) is 3.32. The summed E-state index contributed by atoms with van der Waals surface area (Å²) in [6, 6.07) is 5.00. The van der Waals surface area contributed by atoms with Crippen molar-refractivity contribution in [3.63, 3.8) is 0 Å². The third kappa shape index (κ3) is 1.52. The van der Waals surface area contributed by atoms with Gasteiger partial charge < -0.3 is 10.5 Å². The molecule has 0 aromatic heterocycles. The Balaban J connectivity index is 2.41. The predicted octanol–water partition coefficient (Wildman–Crippen LogP) is 1.06. The molecule has 0 unspecified atom stereocenters. The molecule has 2 N–H and O–H groups in total. The van der Waals surface area contributed by atoms with Crippen molar-refractivity contribution in [1.82, 2.24) is 0 Å². The van der Waals surface area contributed by atoms with E-state index in [1.54, 1.807) is 18.2 Å². The predicted molar refractivity (Wildman–Crippen MR) is 54.4 cm³/mol. The summed E-state index contributed by atoms with van der Waals surface area (Å²) in [5, 5.41) is 0. The number of rotatable bonds is 1. The molecule has 15 heavy (non-hydrogen) atoms. The molecule has 1 fully saturated rings. The van der Waals surface area contributed by atoms with Crippen molar-refractivity contribution >= 4 is 23.4 Å². The summed E-state index contributed by atoms with van der Waals surface area (Å²) >= 11 is 0. The number of aryl methyl sites for hydroxylation is 1. The molecule has 0 atom stereocenters. The average molecular weight is 206 g/mol. The molecule has 0 saturated carbocycles. The number of carbonyl (C=O) groups excluding carboxylic acids is 2. The first-order valence-electron chi connectivity index (χ1n) is 4.45. The minimum atomic E-state index is -0.650. The lowest BCUT2D eigenvalue weighted by molar-refractivity contribution is -0.117. The monoisotopic (exact) mass is 206 g/mol. The van der Waals surface area contributed by atoms with E-state index in [1.807, 2.05) is 6.92 Å². The molecular weight excluding hydrogens is 196 g/mol. The summed E-state index contributed by atoms with van der Waals surface area (Å²) < 4.78 is 4.60. The van der Waals surface area contributed by atoms with Crippen molar-refractivity contribution < 1.29 is 14.3 Å². The van der Waals surface area contributed by atoms with E-state index in [2.05, 4.69) is 4.74 Å². The summed E-state index contributed by atoms with van der Waals surface area (Å²) in [5.74, 6) is -0.372. The van der Waals surface area contributed by atoms with Crippen LogP contribution in [0.15, 0.2) is 18.2 Å². The number of nitrogen functional groups attached to an aromatic ring is 1. The number of hydrogen-bond donors (Lipinski definition) is 1. The number of nitrogens with zero attached hydrogens (tertiary/aromatic N) is 1. The third-order valence-corrected chi connectivity index (χ3v) is 2.27. The van der Waals surface area contributed by atoms with Gasteiger partial charge in [0.2, 0.25) is 0 Å². The van der Waals surface area contributed by atoms with Gasteiger partial charge in [-0.3, -0.25) is 4.79 Å². The van der Waals surface area contributed by atoms with Crippen molar-refractivity contribution in [3.8, 4) is 0 Å². The molecule has 0 aliphatic carbocycles. The fourth-order valence-electron chi connectivity index (χ4n) is 1.37. The van der Waals surface area contributed by atoms with Gasteiger partial charge in [-0.05, 0) is 24.6 Å². The second-order valence-electron chi connectivity index (χ2n) is 3.32. The van der Waals surface area contributed by atoms with Gasteiger partial charge >= 0.3 is 6.09 Å². The van der Waals surface area contributed by atoms with E-state index in [4.69, 9.17) is 5.73 Å². The molecule has 1 saturated heterocycles. The molecule has 5 nitrogen and oxygen atoms in total. The van der Waals surface area contributed by atoms with Crippen LogP contribution in [0.5, 0.6) is 0 Å². The molecule has 0 spiro atoms. The molecule has 1 aliphatic heterocycles. The molecule has 78 valence electrons. The molecular formula is C10H10N2O3. The van der Waals surface area contributed by atoms with Gasteiger partial charge in [-0.1, -0.05) is 6.07 Å². The van der Waals surface area contributed by atoms with Gasteiger partial charge in [-0.25, -0.2) is 9.69 Å². The number of imide groups is 1. The highest BCUT2D eigenvalue weighted by molar-refractivity contribution is 6.16. The fourth-order valence-corrected chi connectivity index (χ4v) is 1.37. The van der Waals surface area contributed by atoms with E-state index in [-0.39, 0.29) is 12.5 Å². The maximum Gasteiger partial charge on any atom is 0.421 e. The van der Waals surface area contributed by atoms with Crippen LogP contribution in [0.3, 0.4) is 0 Å². The smallest absolute Gasteiger partial charge is 0.421 e. The number of nitrogens with two attached hydrogens (primary N) is 1. The molecule has 1 aliphatic rings. The maximum absolute atomic E-state index is 11.3. The first-order valence-corrected chi connectivity index (χ1v) is 4.45. The Morgan fingerprint density at radius 2 is 2.13 bits per heavy atom. The largest absolute Gasteiger partial charge is 0.439 e. The minimum absolute atomic E-state index is 0.202. The number of hydrogen-bond acceptors (Lipinski definition) is 4. The summed E-state index contributed by atoms with van der Waals surface area (Å²) in [4.78, 5) is 23.5. The topological polar surface area (TPSA) is 72.6 Å². The Morgan fingerprint density at radius 1 is 1.40 bits per heavy atom. The summed E-state index contributed by atoms with van der Waals surface area (Å²) in [7, 11) is 0. The standard InChI is InChI=1S/C10H10N2O3/c1-6-2-3-7(4-8(6)11)12-9(13)5-15-10(12)14/h2-4H,5,11H2,1H3. The summed E-state index contributed by atoms with van der Waals surface area (Å²) in [6.45, 7) is 1.65. The summed E-state index contributed by atoms with van der Waals surface area (Å²) in [6.07, 6.45) is -0.650. The van der Waals surface area contributed by atoms with Crippen LogP contribution >= 0.6 is 0 Å². The van der Waals surface area contributed by atoms with Crippen molar-refractivity contribution in [2.24, 2.45) is 0 Å². The average Bonchev–Trinajstić information content (AvgIpc) is 2.52. The second kappa shape index (κ2) is 3.27. The van der Waals surface area contributed by atoms with Crippen molar-refractivity contribution in [3.05, 3.63) is 23.8 Å². The lowest BCUT2D eigenvalue weighted by atomic mass is 10.2. The van der Waals surface area contributed by atoms with Gasteiger partial charge in [0.1, 0.15) is 0 Å². The molecule has 2 rings (SSSR count). The van der Waals surface area contributed by atoms with Gasteiger partial charge in [0.05, 0.1) is 5.69 Å². The molecule has 0 bridgehead atoms. The van der Waals surface area contributed by atoms with E-state index in [9.17, 15) is 9.59 Å². The number of carbonyl (C=O) groups is 2. The van der Waals surface area contributed by atoms with Crippen molar-refractivity contribution in [1.29, 1.82) is 0 Å². The highest BCUT2D eigenvalue weighted by Crippen LogP contribution is 2.23. The number of benzene rings is 1.